The highest BCUT2D eigenvalue weighted by Crippen LogP contribution is 2.22. The molecule has 0 amide bonds. The summed E-state index contributed by atoms with van der Waals surface area (Å²) in [6.45, 7) is 2.43. The topological polar surface area (TPSA) is 26.9 Å². The lowest BCUT2D eigenvalue weighted by Crippen LogP contribution is -2.25. The first-order valence-corrected chi connectivity index (χ1v) is 6.71. The summed E-state index contributed by atoms with van der Waals surface area (Å²) in [4.78, 5) is 11.9. The van der Waals surface area contributed by atoms with E-state index in [0.29, 0.717) is 6.54 Å². The summed E-state index contributed by atoms with van der Waals surface area (Å²) in [5, 5.41) is 0. The fourth-order valence-corrected chi connectivity index (χ4v) is 2.24. The van der Waals surface area contributed by atoms with Crippen LogP contribution in [0.4, 0.5) is 8.78 Å². The maximum absolute atomic E-state index is 13.8. The smallest absolute Gasteiger partial charge is 0.299 e. The van der Waals surface area contributed by atoms with Crippen molar-refractivity contribution in [1.82, 2.24) is 9.13 Å². The molecule has 0 bridgehead atoms. The van der Waals surface area contributed by atoms with Gasteiger partial charge in [-0.2, -0.15) is 0 Å². The Balaban J connectivity index is 2.37. The van der Waals surface area contributed by atoms with Crippen molar-refractivity contribution >= 4 is 15.9 Å². The predicted molar refractivity (Wildman–Crippen MR) is 72.1 cm³/mol. The highest BCUT2D eigenvalue weighted by molar-refractivity contribution is 9.10. The van der Waals surface area contributed by atoms with Crippen molar-refractivity contribution in [3.63, 3.8) is 0 Å². The first-order valence-electron chi connectivity index (χ1n) is 5.92. The molecule has 0 saturated carbocycles. The molecule has 1 aromatic carbocycles. The second-order valence-corrected chi connectivity index (χ2v) is 5.08. The lowest BCUT2D eigenvalue weighted by Gasteiger charge is -2.07. The minimum Gasteiger partial charge on any atom is -0.299 e. The van der Waals surface area contributed by atoms with Crippen LogP contribution in [0, 0.1) is 11.6 Å². The number of rotatable bonds is 4. The van der Waals surface area contributed by atoms with Gasteiger partial charge >= 0.3 is 5.69 Å². The highest BCUT2D eigenvalue weighted by Gasteiger charge is 2.14. The Morgan fingerprint density at radius 3 is 2.58 bits per heavy atom. The molecule has 0 aliphatic rings. The number of nitrogens with zero attached hydrogens (tertiary/aromatic N) is 2. The van der Waals surface area contributed by atoms with Crippen molar-refractivity contribution < 1.29 is 8.78 Å². The van der Waals surface area contributed by atoms with Gasteiger partial charge in [0, 0.05) is 24.5 Å². The van der Waals surface area contributed by atoms with Crippen molar-refractivity contribution in [2.24, 2.45) is 0 Å². The van der Waals surface area contributed by atoms with Crippen molar-refractivity contribution in [2.75, 3.05) is 0 Å². The molecule has 3 nitrogen and oxygen atoms in total. The zero-order valence-corrected chi connectivity index (χ0v) is 12.0. The number of imidazole rings is 1. The van der Waals surface area contributed by atoms with Gasteiger partial charge in [0.25, 0.3) is 0 Å². The lowest BCUT2D eigenvalue weighted by atomic mass is 10.2. The van der Waals surface area contributed by atoms with E-state index in [0.717, 1.165) is 6.42 Å². The van der Waals surface area contributed by atoms with E-state index >= 15 is 0 Å². The third kappa shape index (κ3) is 2.78. The van der Waals surface area contributed by atoms with Crippen molar-refractivity contribution in [3.05, 3.63) is 56.7 Å². The van der Waals surface area contributed by atoms with Crippen LogP contribution in [0.15, 0.2) is 33.8 Å². The molecule has 0 fully saturated rings. The molecule has 0 N–H and O–H groups in total. The standard InChI is InChI=1S/C13H13BrF2N2O/c1-2-5-17-6-7-18(13(17)19)8-9-11(15)4-3-10(14)12(9)16/h3-4,6-7H,2,5,8H2,1H3. The SMILES string of the molecule is CCCn1ccn(Cc2c(F)ccc(Br)c2F)c1=O. The molecule has 0 saturated heterocycles. The van der Waals surface area contributed by atoms with E-state index < -0.39 is 11.6 Å². The van der Waals surface area contributed by atoms with Crippen LogP contribution in [0.3, 0.4) is 0 Å². The molecule has 0 atom stereocenters. The Bertz CT molecular complexity index is 649. The third-order valence-electron chi connectivity index (χ3n) is 2.85. The molecule has 0 unspecified atom stereocenters. The Labute approximate surface area is 117 Å². The summed E-state index contributed by atoms with van der Waals surface area (Å²) >= 11 is 3.01. The van der Waals surface area contributed by atoms with Gasteiger partial charge in [-0.1, -0.05) is 6.92 Å². The van der Waals surface area contributed by atoms with Gasteiger partial charge in [-0.25, -0.2) is 13.6 Å². The monoisotopic (exact) mass is 330 g/mol. The summed E-state index contributed by atoms with van der Waals surface area (Å²) in [5.41, 5.74) is -0.383. The zero-order chi connectivity index (χ0) is 14.0. The van der Waals surface area contributed by atoms with E-state index in [9.17, 15) is 13.6 Å². The lowest BCUT2D eigenvalue weighted by molar-refractivity contribution is 0.533. The molecule has 2 aromatic rings. The largest absolute Gasteiger partial charge is 0.328 e. The van der Waals surface area contributed by atoms with Crippen LogP contribution in [0.1, 0.15) is 18.9 Å². The van der Waals surface area contributed by atoms with Crippen LogP contribution in [-0.4, -0.2) is 9.13 Å². The van der Waals surface area contributed by atoms with Crippen molar-refractivity contribution in [2.45, 2.75) is 26.4 Å². The minimum atomic E-state index is -0.671. The molecule has 0 spiro atoms. The van der Waals surface area contributed by atoms with Gasteiger partial charge in [0.15, 0.2) is 0 Å². The molecule has 102 valence electrons. The number of aromatic nitrogens is 2. The molecule has 6 heteroatoms. The van der Waals surface area contributed by atoms with Gasteiger partial charge in [0.1, 0.15) is 11.6 Å². The average Bonchev–Trinajstić information content (AvgIpc) is 2.72. The van der Waals surface area contributed by atoms with Gasteiger partial charge < -0.3 is 0 Å². The molecule has 0 aliphatic heterocycles. The van der Waals surface area contributed by atoms with Crippen molar-refractivity contribution in [1.29, 1.82) is 0 Å². The Kier molecular flexibility index (Phi) is 4.19. The average molecular weight is 331 g/mol. The molecular formula is C13H13BrF2N2O. The second-order valence-electron chi connectivity index (χ2n) is 4.22. The molecular weight excluding hydrogens is 318 g/mol. The molecule has 0 radical (unpaired) electrons. The summed E-state index contributed by atoms with van der Waals surface area (Å²) in [6.07, 6.45) is 3.99. The number of aryl methyl sites for hydroxylation is 1. The summed E-state index contributed by atoms with van der Waals surface area (Å²) in [5.74, 6) is -1.33. The second kappa shape index (κ2) is 5.69. The molecule has 2 rings (SSSR count). The van der Waals surface area contributed by atoms with Crippen LogP contribution < -0.4 is 5.69 Å². The zero-order valence-electron chi connectivity index (χ0n) is 10.4. The van der Waals surface area contributed by atoms with Gasteiger partial charge in [-0.15, -0.1) is 0 Å². The quantitative estimate of drug-likeness (QED) is 0.791. The summed E-state index contributed by atoms with van der Waals surface area (Å²) in [6, 6.07) is 2.48. The van der Waals surface area contributed by atoms with Crippen LogP contribution in [0.5, 0.6) is 0 Å². The van der Waals surface area contributed by atoms with Gasteiger partial charge in [-0.05, 0) is 34.5 Å². The minimum absolute atomic E-state index is 0.118. The van der Waals surface area contributed by atoms with Crippen LogP contribution >= 0.6 is 15.9 Å². The third-order valence-corrected chi connectivity index (χ3v) is 3.46. The van der Waals surface area contributed by atoms with E-state index in [1.807, 2.05) is 6.92 Å². The number of benzene rings is 1. The van der Waals surface area contributed by atoms with Crippen LogP contribution in [-0.2, 0) is 13.1 Å². The summed E-state index contributed by atoms with van der Waals surface area (Å²) in [7, 11) is 0. The summed E-state index contributed by atoms with van der Waals surface area (Å²) < 4.78 is 30.4. The van der Waals surface area contributed by atoms with Gasteiger partial charge in [-0.3, -0.25) is 9.13 Å². The Morgan fingerprint density at radius 1 is 1.21 bits per heavy atom. The fourth-order valence-electron chi connectivity index (χ4n) is 1.87. The molecule has 1 aromatic heterocycles. The maximum Gasteiger partial charge on any atom is 0.328 e. The van der Waals surface area contributed by atoms with Crippen LogP contribution in [0.25, 0.3) is 0 Å². The van der Waals surface area contributed by atoms with E-state index in [1.54, 1.807) is 6.20 Å². The molecule has 1 heterocycles. The van der Waals surface area contributed by atoms with Crippen molar-refractivity contribution in [3.8, 4) is 0 Å². The van der Waals surface area contributed by atoms with Gasteiger partial charge in [0.05, 0.1) is 11.0 Å². The normalized spacial score (nSPS) is 10.9. The Morgan fingerprint density at radius 2 is 1.89 bits per heavy atom. The highest BCUT2D eigenvalue weighted by atomic mass is 79.9. The first kappa shape index (κ1) is 14.0. The van der Waals surface area contributed by atoms with E-state index in [1.165, 1.54) is 27.5 Å². The van der Waals surface area contributed by atoms with Crippen LogP contribution in [0.2, 0.25) is 0 Å². The van der Waals surface area contributed by atoms with E-state index in [2.05, 4.69) is 15.9 Å². The number of hydrogen-bond acceptors (Lipinski definition) is 1. The van der Waals surface area contributed by atoms with E-state index in [4.69, 9.17) is 0 Å². The predicted octanol–water partition coefficient (Wildman–Crippen LogP) is 3.15. The molecule has 19 heavy (non-hydrogen) atoms. The molecule has 0 aliphatic carbocycles. The first-order chi connectivity index (χ1) is 9.04. The maximum atomic E-state index is 13.8. The van der Waals surface area contributed by atoms with E-state index in [-0.39, 0.29) is 22.3 Å². The number of halogens is 3. The Hall–Kier alpha value is -1.43. The number of hydrogen-bond donors (Lipinski definition) is 0. The van der Waals surface area contributed by atoms with Gasteiger partial charge in [0.2, 0.25) is 0 Å². The fraction of sp³-hybridized carbons (Fsp3) is 0.308.